The summed E-state index contributed by atoms with van der Waals surface area (Å²) in [7, 11) is 1.62. The molecule has 1 fully saturated rings. The third-order valence-electron chi connectivity index (χ3n) is 6.47. The van der Waals surface area contributed by atoms with Gasteiger partial charge < -0.3 is 11.1 Å². The van der Waals surface area contributed by atoms with E-state index in [1.165, 1.54) is 6.42 Å². The predicted molar refractivity (Wildman–Crippen MR) is 124 cm³/mol. The molecular formula is C24H24N4O2S. The standard InChI is InChI=1S/C24H24N4O2S/c1-26-22(30)16-5-3-15(4-6-16)18-13-28-19-8-7-17(11-21(19)31-23(28)27-18)20(29)12-24(14-25)9-2-10-24/h3-8,11,13H,2,9-10,12,14,25H2,1H3,(H,26,30). The number of imidazole rings is 1. The minimum absolute atomic E-state index is 0.0122. The fraction of sp³-hybridized carbons (Fsp3) is 0.292. The Morgan fingerprint density at radius 3 is 2.55 bits per heavy atom. The second-order valence-corrected chi connectivity index (χ2v) is 9.39. The minimum atomic E-state index is -0.108. The highest BCUT2D eigenvalue weighted by atomic mass is 32.1. The summed E-state index contributed by atoms with van der Waals surface area (Å²) in [5, 5.41) is 2.63. The zero-order chi connectivity index (χ0) is 21.6. The van der Waals surface area contributed by atoms with E-state index in [-0.39, 0.29) is 17.1 Å². The highest BCUT2D eigenvalue weighted by molar-refractivity contribution is 7.23. The van der Waals surface area contributed by atoms with Crippen molar-refractivity contribution in [3.05, 3.63) is 59.8 Å². The molecule has 0 bridgehead atoms. The Morgan fingerprint density at radius 1 is 1.16 bits per heavy atom. The van der Waals surface area contributed by atoms with Gasteiger partial charge in [-0.15, -0.1) is 0 Å². The van der Waals surface area contributed by atoms with Gasteiger partial charge in [-0.1, -0.05) is 29.9 Å². The Labute approximate surface area is 184 Å². The fourth-order valence-electron chi connectivity index (χ4n) is 4.32. The number of nitrogens with two attached hydrogens (primary N) is 1. The van der Waals surface area contributed by atoms with E-state index in [2.05, 4.69) is 9.72 Å². The summed E-state index contributed by atoms with van der Waals surface area (Å²) in [6.45, 7) is 0.584. The second-order valence-electron chi connectivity index (χ2n) is 8.38. The molecule has 1 aliphatic carbocycles. The number of nitrogens with one attached hydrogen (secondary N) is 1. The van der Waals surface area contributed by atoms with E-state index in [1.807, 2.05) is 36.5 Å². The van der Waals surface area contributed by atoms with Crippen molar-refractivity contribution in [2.75, 3.05) is 13.6 Å². The molecule has 3 N–H and O–H groups in total. The zero-order valence-corrected chi connectivity index (χ0v) is 18.2. The quantitative estimate of drug-likeness (QED) is 0.445. The molecule has 0 saturated heterocycles. The molecule has 0 spiro atoms. The normalized spacial score (nSPS) is 15.2. The lowest BCUT2D eigenvalue weighted by atomic mass is 9.65. The maximum atomic E-state index is 12.8. The Bertz CT molecular complexity index is 1290. The molecule has 6 nitrogen and oxygen atoms in total. The van der Waals surface area contributed by atoms with Crippen LogP contribution in [0.25, 0.3) is 26.4 Å². The first-order chi connectivity index (χ1) is 15.0. The monoisotopic (exact) mass is 432 g/mol. The lowest BCUT2D eigenvalue weighted by molar-refractivity contribution is 0.0786. The number of aromatic nitrogens is 2. The van der Waals surface area contributed by atoms with Crippen LogP contribution in [0.5, 0.6) is 0 Å². The highest BCUT2D eigenvalue weighted by Gasteiger charge is 2.37. The molecule has 2 aromatic heterocycles. The number of benzene rings is 2. The average molecular weight is 433 g/mol. The van der Waals surface area contributed by atoms with Crippen molar-refractivity contribution >= 4 is 38.2 Å². The molecular weight excluding hydrogens is 408 g/mol. The summed E-state index contributed by atoms with van der Waals surface area (Å²) in [5.74, 6) is 0.0680. The Morgan fingerprint density at radius 2 is 1.90 bits per heavy atom. The minimum Gasteiger partial charge on any atom is -0.355 e. The number of nitrogens with zero attached hydrogens (tertiary/aromatic N) is 2. The average Bonchev–Trinajstić information content (AvgIpc) is 3.33. The molecule has 0 atom stereocenters. The second kappa shape index (κ2) is 7.59. The van der Waals surface area contributed by atoms with Gasteiger partial charge in [0.05, 0.1) is 15.9 Å². The Hall–Kier alpha value is -3.03. The smallest absolute Gasteiger partial charge is 0.251 e. The summed E-state index contributed by atoms with van der Waals surface area (Å²) in [5.41, 5.74) is 10.2. The Kier molecular flexibility index (Phi) is 4.87. The molecule has 1 aliphatic rings. The van der Waals surface area contributed by atoms with Crippen molar-refractivity contribution < 1.29 is 9.59 Å². The van der Waals surface area contributed by atoms with E-state index in [0.29, 0.717) is 18.5 Å². The third kappa shape index (κ3) is 3.43. The van der Waals surface area contributed by atoms with E-state index in [4.69, 9.17) is 10.7 Å². The number of hydrogen-bond donors (Lipinski definition) is 2. The Balaban J connectivity index is 1.43. The van der Waals surface area contributed by atoms with E-state index < -0.39 is 0 Å². The van der Waals surface area contributed by atoms with E-state index in [0.717, 1.165) is 44.8 Å². The van der Waals surface area contributed by atoms with Crippen LogP contribution >= 0.6 is 11.3 Å². The zero-order valence-electron chi connectivity index (χ0n) is 17.4. The van der Waals surface area contributed by atoms with Crippen molar-refractivity contribution in [1.29, 1.82) is 0 Å². The van der Waals surface area contributed by atoms with E-state index >= 15 is 0 Å². The topological polar surface area (TPSA) is 89.5 Å². The van der Waals surface area contributed by atoms with Gasteiger partial charge in [-0.05, 0) is 55.1 Å². The third-order valence-corrected chi connectivity index (χ3v) is 7.49. The summed E-state index contributed by atoms with van der Waals surface area (Å²) in [6.07, 6.45) is 5.81. The number of hydrogen-bond acceptors (Lipinski definition) is 5. The van der Waals surface area contributed by atoms with Gasteiger partial charge in [-0.3, -0.25) is 14.0 Å². The number of amides is 1. The van der Waals surface area contributed by atoms with Crippen LogP contribution in [0, 0.1) is 5.41 Å². The molecule has 31 heavy (non-hydrogen) atoms. The van der Waals surface area contributed by atoms with Crippen LogP contribution in [-0.2, 0) is 0 Å². The summed E-state index contributed by atoms with van der Waals surface area (Å²) < 4.78 is 3.11. The number of rotatable bonds is 6. The van der Waals surface area contributed by atoms with Gasteiger partial charge in [0.25, 0.3) is 5.91 Å². The molecule has 1 saturated carbocycles. The van der Waals surface area contributed by atoms with Gasteiger partial charge >= 0.3 is 0 Å². The molecule has 0 radical (unpaired) electrons. The highest BCUT2D eigenvalue weighted by Crippen LogP contribution is 2.43. The lowest BCUT2D eigenvalue weighted by Crippen LogP contribution is -2.39. The number of fused-ring (bicyclic) bond motifs is 3. The van der Waals surface area contributed by atoms with Crippen molar-refractivity contribution in [1.82, 2.24) is 14.7 Å². The van der Waals surface area contributed by atoms with Crippen LogP contribution < -0.4 is 11.1 Å². The number of thiazole rings is 1. The largest absolute Gasteiger partial charge is 0.355 e. The van der Waals surface area contributed by atoms with Crippen molar-refractivity contribution in [2.45, 2.75) is 25.7 Å². The number of carbonyl (C=O) groups is 2. The van der Waals surface area contributed by atoms with Crippen molar-refractivity contribution in [3.63, 3.8) is 0 Å². The SMILES string of the molecule is CNC(=O)c1ccc(-c2cn3c(n2)sc2cc(C(=O)CC4(CN)CCC4)ccc23)cc1. The van der Waals surface area contributed by atoms with Crippen LogP contribution in [0.3, 0.4) is 0 Å². The molecule has 2 heterocycles. The molecule has 0 unspecified atom stereocenters. The van der Waals surface area contributed by atoms with Crippen LogP contribution in [0.1, 0.15) is 46.4 Å². The van der Waals surface area contributed by atoms with Gasteiger partial charge in [0.15, 0.2) is 10.7 Å². The molecule has 4 aromatic rings. The first-order valence-corrected chi connectivity index (χ1v) is 11.3. The summed E-state index contributed by atoms with van der Waals surface area (Å²) >= 11 is 1.57. The molecule has 158 valence electrons. The van der Waals surface area contributed by atoms with Gasteiger partial charge in [0, 0.05) is 36.4 Å². The first-order valence-electron chi connectivity index (χ1n) is 10.5. The number of Topliss-reactive ketones (excluding diaryl/α,β-unsaturated/α-hetero) is 1. The molecule has 7 heteroatoms. The fourth-order valence-corrected chi connectivity index (χ4v) is 5.37. The molecule has 5 rings (SSSR count). The van der Waals surface area contributed by atoms with Crippen LogP contribution in [0.4, 0.5) is 0 Å². The van der Waals surface area contributed by atoms with Gasteiger partial charge in [-0.25, -0.2) is 4.98 Å². The van der Waals surface area contributed by atoms with Crippen LogP contribution in [0.15, 0.2) is 48.7 Å². The maximum Gasteiger partial charge on any atom is 0.251 e. The van der Waals surface area contributed by atoms with Gasteiger partial charge in [0.1, 0.15) is 0 Å². The van der Waals surface area contributed by atoms with Crippen molar-refractivity contribution in [2.24, 2.45) is 11.1 Å². The van der Waals surface area contributed by atoms with E-state index in [1.54, 1.807) is 30.5 Å². The van der Waals surface area contributed by atoms with Crippen molar-refractivity contribution in [3.8, 4) is 11.3 Å². The lowest BCUT2D eigenvalue weighted by Gasteiger charge is -2.40. The number of ketones is 1. The number of carbonyl (C=O) groups excluding carboxylic acids is 2. The van der Waals surface area contributed by atoms with E-state index in [9.17, 15) is 9.59 Å². The summed E-state index contributed by atoms with van der Waals surface area (Å²) in [6, 6.07) is 13.3. The predicted octanol–water partition coefficient (Wildman–Crippen LogP) is 4.28. The maximum absolute atomic E-state index is 12.8. The van der Waals surface area contributed by atoms with Gasteiger partial charge in [0.2, 0.25) is 0 Å². The molecule has 1 amide bonds. The molecule has 2 aromatic carbocycles. The first kappa shape index (κ1) is 19.9. The van der Waals surface area contributed by atoms with Crippen LogP contribution in [-0.4, -0.2) is 34.7 Å². The van der Waals surface area contributed by atoms with Crippen LogP contribution in [0.2, 0.25) is 0 Å². The van der Waals surface area contributed by atoms with Gasteiger partial charge in [-0.2, -0.15) is 0 Å². The summed E-state index contributed by atoms with van der Waals surface area (Å²) in [4.78, 5) is 30.2. The molecule has 0 aliphatic heterocycles.